The quantitative estimate of drug-likeness (QED) is 0.109. The molecule has 1 amide bonds. The van der Waals surface area contributed by atoms with Gasteiger partial charge >= 0.3 is 21.2 Å². The summed E-state index contributed by atoms with van der Waals surface area (Å²) in [5, 5.41) is 5.57. The molecule has 8 nitrogen and oxygen atoms in total. The number of nitrogens with one attached hydrogen (secondary N) is 1. The Hall–Kier alpha value is -2.88. The van der Waals surface area contributed by atoms with E-state index in [1.54, 1.807) is 17.4 Å². The van der Waals surface area contributed by atoms with Crippen molar-refractivity contribution in [2.75, 3.05) is 18.7 Å². The number of rotatable bonds is 9. The monoisotopic (exact) mass is 694 g/mol. The van der Waals surface area contributed by atoms with E-state index < -0.39 is 10.1 Å². The van der Waals surface area contributed by atoms with E-state index in [9.17, 15) is 17.8 Å². The third-order valence-corrected chi connectivity index (χ3v) is 10.9. The molecule has 2 heterocycles. The summed E-state index contributed by atoms with van der Waals surface area (Å²) in [6, 6.07) is 24.9. The van der Waals surface area contributed by atoms with Gasteiger partial charge in [-0.1, -0.05) is 40.9 Å². The van der Waals surface area contributed by atoms with E-state index in [0.717, 1.165) is 16.0 Å². The lowest BCUT2D eigenvalue weighted by Crippen LogP contribution is -3.61. The summed E-state index contributed by atoms with van der Waals surface area (Å²) in [6.07, 6.45) is 0. The molecule has 0 spiro atoms. The number of benzene rings is 3. The molecule has 0 saturated carbocycles. The molecule has 3 aromatic carbocycles. The number of hydrogen-bond acceptors (Lipinski definition) is 9. The summed E-state index contributed by atoms with van der Waals surface area (Å²) in [7, 11) is -4.25. The van der Waals surface area contributed by atoms with Crippen molar-refractivity contribution in [1.29, 1.82) is 0 Å². The fourth-order valence-electron chi connectivity index (χ4n) is 3.08. The lowest BCUT2D eigenvalue weighted by Gasteiger charge is -2.04. The van der Waals surface area contributed by atoms with Crippen LogP contribution in [-0.4, -0.2) is 37.3 Å². The summed E-state index contributed by atoms with van der Waals surface area (Å²) in [5.74, 6) is 0.565. The molecule has 0 saturated heterocycles. The van der Waals surface area contributed by atoms with Crippen LogP contribution in [0.3, 0.4) is 0 Å². The summed E-state index contributed by atoms with van der Waals surface area (Å²) in [4.78, 5) is 16.9. The van der Waals surface area contributed by atoms with Crippen molar-refractivity contribution in [2.24, 2.45) is 0 Å². The maximum Gasteiger partial charge on any atom is 0.369 e. The Balaban J connectivity index is 0.000000298. The van der Waals surface area contributed by atoms with Crippen LogP contribution in [0.1, 0.15) is 17.3 Å². The van der Waals surface area contributed by atoms with Crippen LogP contribution in [0.15, 0.2) is 95.2 Å². The van der Waals surface area contributed by atoms with Gasteiger partial charge in [-0.3, -0.25) is 10.1 Å². The Morgan fingerprint density at radius 1 is 1.03 bits per heavy atom. The molecule has 0 bridgehead atoms. The van der Waals surface area contributed by atoms with E-state index in [2.05, 4.69) is 27.8 Å². The number of aromatic nitrogens is 1. The number of hydrogen-bond donors (Lipinski definition) is 1. The third-order valence-electron chi connectivity index (χ3n) is 4.92. The minimum Gasteiger partial charge on any atom is -0.744 e. The second-order valence-corrected chi connectivity index (χ2v) is 14.7. The molecule has 0 fully saturated rings. The highest BCUT2D eigenvalue weighted by Crippen LogP contribution is 2.29. The standard InChI is InChI=1S/C21H17IN2O3S2.C6H6O3S/c1-2-26-13-27-16-9-10-17-18(12-16)29-21(23-17)24-20(25)14-5-7-15(8-6-14)22-19-4-3-11-28-19;7-10(8,9)6-4-2-1-3-5-6/h3-12H,2,13H2,1H3;1-5H,(H,7,8,9). The molecule has 2 aromatic heterocycles. The van der Waals surface area contributed by atoms with Crippen LogP contribution in [0.4, 0.5) is 5.13 Å². The molecule has 1 N–H and O–H groups in total. The number of anilines is 1. The molecule has 0 radical (unpaired) electrons. The Morgan fingerprint density at radius 2 is 1.79 bits per heavy atom. The number of thiazole rings is 1. The lowest BCUT2D eigenvalue weighted by molar-refractivity contribution is -0.591. The van der Waals surface area contributed by atoms with E-state index in [1.165, 1.54) is 42.1 Å². The van der Waals surface area contributed by atoms with Crippen LogP contribution in [0.2, 0.25) is 0 Å². The van der Waals surface area contributed by atoms with E-state index in [4.69, 9.17) is 9.47 Å². The number of carbonyl (C=O) groups excluding carboxylic acids is 1. The Morgan fingerprint density at radius 3 is 2.44 bits per heavy atom. The third kappa shape index (κ3) is 8.81. The predicted octanol–water partition coefficient (Wildman–Crippen LogP) is 2.70. The zero-order valence-electron chi connectivity index (χ0n) is 20.6. The number of amides is 1. The van der Waals surface area contributed by atoms with Crippen LogP contribution >= 0.6 is 22.7 Å². The Kier molecular flexibility index (Phi) is 10.4. The van der Waals surface area contributed by atoms with Crippen molar-refractivity contribution >= 4 is 54.0 Å². The van der Waals surface area contributed by atoms with Crippen LogP contribution in [0.5, 0.6) is 5.75 Å². The van der Waals surface area contributed by atoms with Gasteiger partial charge in [0, 0.05) is 18.2 Å². The van der Waals surface area contributed by atoms with Crippen LogP contribution < -0.4 is 31.3 Å². The van der Waals surface area contributed by atoms with Crippen molar-refractivity contribution in [3.8, 4) is 5.75 Å². The predicted molar refractivity (Wildman–Crippen MR) is 147 cm³/mol. The lowest BCUT2D eigenvalue weighted by atomic mass is 10.2. The van der Waals surface area contributed by atoms with Gasteiger partial charge in [0.15, 0.2) is 15.5 Å². The summed E-state index contributed by atoms with van der Waals surface area (Å²) in [5.41, 5.74) is 1.45. The van der Waals surface area contributed by atoms with Crippen molar-refractivity contribution in [2.45, 2.75) is 11.8 Å². The van der Waals surface area contributed by atoms with E-state index in [-0.39, 0.29) is 38.8 Å². The number of nitrogens with zero attached hydrogens (tertiary/aromatic N) is 1. The Bertz CT molecular complexity index is 1610. The molecule has 0 aliphatic heterocycles. The van der Waals surface area contributed by atoms with Gasteiger partial charge in [0.05, 0.1) is 15.1 Å². The average molecular weight is 695 g/mol. The van der Waals surface area contributed by atoms with E-state index >= 15 is 0 Å². The summed E-state index contributed by atoms with van der Waals surface area (Å²) < 4.78 is 45.2. The SMILES string of the molecule is CCOCOc1ccc2nc(NC(=O)c3ccc([I+]c4cccs4)cc3)sc2c1.O=S(=O)([O-])c1ccccc1. The van der Waals surface area contributed by atoms with Gasteiger partial charge in [-0.05, 0) is 73.0 Å². The molecule has 5 rings (SSSR count). The van der Waals surface area contributed by atoms with Gasteiger partial charge in [-0.25, -0.2) is 13.4 Å². The van der Waals surface area contributed by atoms with Crippen molar-refractivity contribution in [3.63, 3.8) is 0 Å². The van der Waals surface area contributed by atoms with Crippen LogP contribution in [-0.2, 0) is 14.9 Å². The van der Waals surface area contributed by atoms with E-state index in [1.807, 2.05) is 49.4 Å². The zero-order chi connectivity index (χ0) is 27.7. The maximum atomic E-state index is 12.6. The highest BCUT2D eigenvalue weighted by atomic mass is 127. The van der Waals surface area contributed by atoms with Gasteiger partial charge in [0.25, 0.3) is 5.91 Å². The normalized spacial score (nSPS) is 11.0. The topological polar surface area (TPSA) is 118 Å². The Labute approximate surface area is 244 Å². The van der Waals surface area contributed by atoms with Crippen molar-refractivity contribution < 1.29 is 48.4 Å². The first-order chi connectivity index (χ1) is 18.8. The van der Waals surface area contributed by atoms with Gasteiger partial charge in [0.2, 0.25) is 2.88 Å². The molecule has 0 atom stereocenters. The number of carbonyl (C=O) groups is 1. The first kappa shape index (κ1) is 29.1. The number of halogens is 1. The first-order valence-electron chi connectivity index (χ1n) is 11.5. The molecular formula is C27H23IN2O6S3. The number of fused-ring (bicyclic) bond motifs is 1. The molecule has 12 heteroatoms. The van der Waals surface area contributed by atoms with Gasteiger partial charge < -0.3 is 14.0 Å². The highest BCUT2D eigenvalue weighted by molar-refractivity contribution is 7.85. The van der Waals surface area contributed by atoms with E-state index in [0.29, 0.717) is 17.3 Å². The average Bonchev–Trinajstić information content (AvgIpc) is 3.59. The van der Waals surface area contributed by atoms with Crippen LogP contribution in [0, 0.1) is 6.45 Å². The first-order valence-corrected chi connectivity index (χ1v) is 16.8. The van der Waals surface area contributed by atoms with Crippen molar-refractivity contribution in [1.82, 2.24) is 4.98 Å². The molecule has 39 heavy (non-hydrogen) atoms. The smallest absolute Gasteiger partial charge is 0.369 e. The minimum absolute atomic E-state index is 0.155. The molecular weight excluding hydrogens is 671 g/mol. The second-order valence-electron chi connectivity index (χ2n) is 7.64. The number of ether oxygens (including phenoxy) is 2. The highest BCUT2D eigenvalue weighted by Gasteiger charge is 2.17. The molecule has 5 aromatic rings. The zero-order valence-corrected chi connectivity index (χ0v) is 25.2. The van der Waals surface area contributed by atoms with Gasteiger partial charge in [0.1, 0.15) is 15.9 Å². The van der Waals surface area contributed by atoms with Gasteiger partial charge in [-0.2, -0.15) is 0 Å². The largest absolute Gasteiger partial charge is 0.744 e. The van der Waals surface area contributed by atoms with Crippen molar-refractivity contribution in [3.05, 3.63) is 102 Å². The van der Waals surface area contributed by atoms with Crippen LogP contribution in [0.25, 0.3) is 10.2 Å². The molecule has 0 aliphatic carbocycles. The molecule has 202 valence electrons. The second kappa shape index (κ2) is 14.0. The molecule has 0 unspecified atom stereocenters. The number of thiophene rings is 1. The minimum atomic E-state index is -4.25. The summed E-state index contributed by atoms with van der Waals surface area (Å²) in [6.45, 7) is 2.74. The molecule has 0 aliphatic rings. The van der Waals surface area contributed by atoms with Gasteiger partial charge in [-0.15, -0.1) is 0 Å². The fourth-order valence-corrected chi connectivity index (χ4v) is 8.09. The maximum absolute atomic E-state index is 12.6. The fraction of sp³-hybridized carbons (Fsp3) is 0.111. The summed E-state index contributed by atoms with van der Waals surface area (Å²) >= 11 is 3.02.